The lowest BCUT2D eigenvalue weighted by atomic mass is 10.1. The van der Waals surface area contributed by atoms with Crippen LogP contribution in [0.25, 0.3) is 0 Å². The third-order valence-corrected chi connectivity index (χ3v) is 2.87. The van der Waals surface area contributed by atoms with E-state index in [-0.39, 0.29) is 11.9 Å². The average Bonchev–Trinajstić information content (AvgIpc) is 2.38. The number of aliphatic hydroxyl groups is 1. The maximum absolute atomic E-state index is 12.8. The maximum atomic E-state index is 12.8. The molecule has 2 amide bonds. The number of amides is 2. The molecular weight excluding hydrogens is 279 g/mol. The van der Waals surface area contributed by atoms with Crippen LogP contribution < -0.4 is 10.6 Å². The fraction of sp³-hybridized carbons (Fsp3) is 0.429. The molecule has 3 atom stereocenters. The Labute approximate surface area is 122 Å². The van der Waals surface area contributed by atoms with Gasteiger partial charge in [0.05, 0.1) is 6.10 Å². The van der Waals surface area contributed by atoms with Gasteiger partial charge in [0.1, 0.15) is 5.82 Å². The Hall–Kier alpha value is -2.15. The van der Waals surface area contributed by atoms with Crippen molar-refractivity contribution in [1.29, 1.82) is 0 Å². The SMILES string of the molecule is CC(Cc1ccc(F)cc1)NC(=O)NC(C(=O)O)C(C)O. The van der Waals surface area contributed by atoms with Crippen molar-refractivity contribution in [3.8, 4) is 0 Å². The van der Waals surface area contributed by atoms with Gasteiger partial charge >= 0.3 is 12.0 Å². The number of aliphatic carboxylic acids is 1. The van der Waals surface area contributed by atoms with E-state index in [1.165, 1.54) is 19.1 Å². The molecule has 0 bridgehead atoms. The highest BCUT2D eigenvalue weighted by molar-refractivity contribution is 5.83. The number of carboxylic acid groups (broad SMARTS) is 1. The Kier molecular flexibility index (Phi) is 6.10. The summed E-state index contributed by atoms with van der Waals surface area (Å²) in [5.74, 6) is -1.65. The molecule has 1 rings (SSSR count). The molecule has 0 aliphatic heterocycles. The number of carboxylic acids is 1. The van der Waals surface area contributed by atoms with Crippen LogP contribution in [-0.2, 0) is 11.2 Å². The van der Waals surface area contributed by atoms with Gasteiger partial charge in [-0.3, -0.25) is 0 Å². The lowest BCUT2D eigenvalue weighted by molar-refractivity contribution is -0.141. The lowest BCUT2D eigenvalue weighted by Crippen LogP contribution is -2.52. The largest absolute Gasteiger partial charge is 0.480 e. The molecule has 0 aliphatic rings. The van der Waals surface area contributed by atoms with Gasteiger partial charge < -0.3 is 20.8 Å². The molecule has 0 saturated carbocycles. The van der Waals surface area contributed by atoms with Crippen molar-refractivity contribution in [3.63, 3.8) is 0 Å². The second kappa shape index (κ2) is 7.58. The summed E-state index contributed by atoms with van der Waals surface area (Å²) in [6, 6.07) is 3.55. The number of aliphatic hydroxyl groups excluding tert-OH is 1. The van der Waals surface area contributed by atoms with Crippen LogP contribution in [0.15, 0.2) is 24.3 Å². The number of hydrogen-bond acceptors (Lipinski definition) is 3. The van der Waals surface area contributed by atoms with Gasteiger partial charge in [0.15, 0.2) is 6.04 Å². The van der Waals surface area contributed by atoms with Gasteiger partial charge in [-0.15, -0.1) is 0 Å². The summed E-state index contributed by atoms with van der Waals surface area (Å²) in [6.45, 7) is 3.02. The predicted molar refractivity (Wildman–Crippen MR) is 74.3 cm³/mol. The minimum atomic E-state index is -1.37. The van der Waals surface area contributed by atoms with Gasteiger partial charge in [0.2, 0.25) is 0 Å². The van der Waals surface area contributed by atoms with Crippen LogP contribution in [0.2, 0.25) is 0 Å². The van der Waals surface area contributed by atoms with Gasteiger partial charge in [-0.1, -0.05) is 12.1 Å². The molecule has 0 aromatic heterocycles. The molecule has 4 N–H and O–H groups in total. The van der Waals surface area contributed by atoms with E-state index in [0.29, 0.717) is 6.42 Å². The second-order valence-corrected chi connectivity index (χ2v) is 4.91. The second-order valence-electron chi connectivity index (χ2n) is 4.91. The molecule has 0 aliphatic carbocycles. The van der Waals surface area contributed by atoms with Crippen LogP contribution in [-0.4, -0.2) is 40.4 Å². The Morgan fingerprint density at radius 1 is 1.19 bits per heavy atom. The van der Waals surface area contributed by atoms with E-state index >= 15 is 0 Å². The summed E-state index contributed by atoms with van der Waals surface area (Å²) in [7, 11) is 0. The maximum Gasteiger partial charge on any atom is 0.328 e. The third kappa shape index (κ3) is 5.78. The van der Waals surface area contributed by atoms with Crippen LogP contribution in [0.1, 0.15) is 19.4 Å². The molecule has 0 saturated heterocycles. The molecule has 0 radical (unpaired) electrons. The van der Waals surface area contributed by atoms with Gasteiger partial charge in [0.25, 0.3) is 0 Å². The van der Waals surface area contributed by atoms with Crippen LogP contribution in [0.5, 0.6) is 0 Å². The Bertz CT molecular complexity index is 490. The molecule has 116 valence electrons. The predicted octanol–water partition coefficient (Wildman–Crippen LogP) is 0.890. The van der Waals surface area contributed by atoms with Crippen LogP contribution in [0, 0.1) is 5.82 Å². The summed E-state index contributed by atoms with van der Waals surface area (Å²) in [6.07, 6.45) is -0.735. The van der Waals surface area contributed by atoms with Crippen molar-refractivity contribution in [3.05, 3.63) is 35.6 Å². The number of halogens is 1. The molecule has 0 spiro atoms. The standard InChI is InChI=1S/C14H19FN2O4/c1-8(7-10-3-5-11(15)6-4-10)16-14(21)17-12(9(2)18)13(19)20/h3-6,8-9,12,18H,7H2,1-2H3,(H,19,20)(H2,16,17,21). The van der Waals surface area contributed by atoms with Crippen LogP contribution >= 0.6 is 0 Å². The quantitative estimate of drug-likeness (QED) is 0.627. The molecule has 3 unspecified atom stereocenters. The van der Waals surface area contributed by atoms with E-state index < -0.39 is 24.1 Å². The summed E-state index contributed by atoms with van der Waals surface area (Å²) in [5, 5.41) is 22.9. The molecular formula is C14H19FN2O4. The van der Waals surface area contributed by atoms with E-state index in [1.807, 2.05) is 0 Å². The summed E-state index contributed by atoms with van der Waals surface area (Å²) >= 11 is 0. The highest BCUT2D eigenvalue weighted by atomic mass is 19.1. The Morgan fingerprint density at radius 2 is 1.76 bits per heavy atom. The molecule has 1 aromatic carbocycles. The fourth-order valence-electron chi connectivity index (χ4n) is 1.82. The molecule has 1 aromatic rings. The van der Waals surface area contributed by atoms with Crippen molar-refractivity contribution in [2.24, 2.45) is 0 Å². The highest BCUT2D eigenvalue weighted by Crippen LogP contribution is 2.05. The lowest BCUT2D eigenvalue weighted by Gasteiger charge is -2.20. The van der Waals surface area contributed by atoms with Crippen molar-refractivity contribution >= 4 is 12.0 Å². The van der Waals surface area contributed by atoms with Crippen LogP contribution in [0.4, 0.5) is 9.18 Å². The minimum Gasteiger partial charge on any atom is -0.480 e. The minimum absolute atomic E-state index is 0.279. The van der Waals surface area contributed by atoms with Crippen LogP contribution in [0.3, 0.4) is 0 Å². The van der Waals surface area contributed by atoms with E-state index in [1.54, 1.807) is 19.1 Å². The van der Waals surface area contributed by atoms with Crippen molar-refractivity contribution < 1.29 is 24.2 Å². The molecule has 7 heteroatoms. The molecule has 0 heterocycles. The Morgan fingerprint density at radius 3 is 2.24 bits per heavy atom. The number of rotatable bonds is 6. The fourth-order valence-corrected chi connectivity index (χ4v) is 1.82. The van der Waals surface area contributed by atoms with E-state index in [2.05, 4.69) is 10.6 Å². The first-order valence-corrected chi connectivity index (χ1v) is 6.52. The highest BCUT2D eigenvalue weighted by Gasteiger charge is 2.25. The van der Waals surface area contributed by atoms with Crippen molar-refractivity contribution in [2.75, 3.05) is 0 Å². The summed E-state index contributed by atoms with van der Waals surface area (Å²) in [5.41, 5.74) is 0.842. The first kappa shape index (κ1) is 16.9. The molecule has 0 fully saturated rings. The normalized spacial score (nSPS) is 14.9. The van der Waals surface area contributed by atoms with Crippen molar-refractivity contribution in [2.45, 2.75) is 38.5 Å². The number of carbonyl (C=O) groups excluding carboxylic acids is 1. The smallest absolute Gasteiger partial charge is 0.328 e. The number of benzene rings is 1. The van der Waals surface area contributed by atoms with Gasteiger partial charge in [-0.05, 0) is 38.0 Å². The van der Waals surface area contributed by atoms with E-state index in [9.17, 15) is 19.1 Å². The van der Waals surface area contributed by atoms with Gasteiger partial charge in [-0.2, -0.15) is 0 Å². The number of hydrogen-bond donors (Lipinski definition) is 4. The zero-order valence-electron chi connectivity index (χ0n) is 11.8. The first-order valence-electron chi connectivity index (χ1n) is 6.52. The first-order chi connectivity index (χ1) is 9.79. The number of nitrogens with one attached hydrogen (secondary N) is 2. The van der Waals surface area contributed by atoms with Gasteiger partial charge in [-0.25, -0.2) is 14.0 Å². The summed E-state index contributed by atoms with van der Waals surface area (Å²) < 4.78 is 12.8. The number of carbonyl (C=O) groups is 2. The van der Waals surface area contributed by atoms with Crippen molar-refractivity contribution in [1.82, 2.24) is 10.6 Å². The van der Waals surface area contributed by atoms with E-state index in [0.717, 1.165) is 5.56 Å². The zero-order chi connectivity index (χ0) is 16.0. The van der Waals surface area contributed by atoms with E-state index in [4.69, 9.17) is 5.11 Å². The summed E-state index contributed by atoms with van der Waals surface area (Å²) in [4.78, 5) is 22.5. The zero-order valence-corrected chi connectivity index (χ0v) is 11.8. The van der Waals surface area contributed by atoms with Gasteiger partial charge in [0, 0.05) is 6.04 Å². The molecule has 21 heavy (non-hydrogen) atoms. The third-order valence-electron chi connectivity index (χ3n) is 2.87. The topological polar surface area (TPSA) is 98.7 Å². The monoisotopic (exact) mass is 298 g/mol. The Balaban J connectivity index is 2.50. The average molecular weight is 298 g/mol. The number of urea groups is 1. The molecule has 6 nitrogen and oxygen atoms in total.